The summed E-state index contributed by atoms with van der Waals surface area (Å²) in [6.45, 7) is 1.59. The van der Waals surface area contributed by atoms with E-state index in [-0.39, 0.29) is 12.3 Å². The van der Waals surface area contributed by atoms with Crippen molar-refractivity contribution >= 4 is 22.4 Å². The summed E-state index contributed by atoms with van der Waals surface area (Å²) in [5.74, 6) is 0.171. The standard InChI is InChI=1S/C21H18N6O2/c1-14(17-12-11-15-7-5-6-10-18(15)20(17)29)22-23-19(28)13-27-25-21(24-26-27)16-8-3-2-4-9-16/h2-12,29H,13H2,1H3,(H,23,28)/b22-14+. The largest absolute Gasteiger partial charge is 0.507 e. The van der Waals surface area contributed by atoms with Crippen LogP contribution in [0.2, 0.25) is 0 Å². The van der Waals surface area contributed by atoms with Crippen molar-refractivity contribution in [2.75, 3.05) is 0 Å². The first-order valence-corrected chi connectivity index (χ1v) is 8.99. The molecule has 0 aliphatic heterocycles. The van der Waals surface area contributed by atoms with Crippen LogP contribution in [-0.2, 0) is 11.3 Å². The highest BCUT2D eigenvalue weighted by Gasteiger charge is 2.11. The van der Waals surface area contributed by atoms with Gasteiger partial charge in [-0.2, -0.15) is 9.90 Å². The number of hydrogen-bond acceptors (Lipinski definition) is 6. The van der Waals surface area contributed by atoms with Crippen molar-refractivity contribution < 1.29 is 9.90 Å². The quantitative estimate of drug-likeness (QED) is 0.405. The molecule has 144 valence electrons. The van der Waals surface area contributed by atoms with E-state index in [1.54, 1.807) is 13.0 Å². The van der Waals surface area contributed by atoms with Crippen molar-refractivity contribution in [1.82, 2.24) is 25.6 Å². The van der Waals surface area contributed by atoms with Gasteiger partial charge in [0.05, 0.1) is 5.71 Å². The Kier molecular flexibility index (Phi) is 4.98. The van der Waals surface area contributed by atoms with E-state index in [0.717, 1.165) is 16.3 Å². The molecule has 0 unspecified atom stereocenters. The van der Waals surface area contributed by atoms with Crippen LogP contribution in [0.5, 0.6) is 5.75 Å². The maximum Gasteiger partial charge on any atom is 0.263 e. The van der Waals surface area contributed by atoms with Crippen molar-refractivity contribution in [2.45, 2.75) is 13.5 Å². The second-order valence-electron chi connectivity index (χ2n) is 6.42. The van der Waals surface area contributed by atoms with Crippen LogP contribution >= 0.6 is 0 Å². The van der Waals surface area contributed by atoms with Gasteiger partial charge in [-0.1, -0.05) is 60.7 Å². The maximum atomic E-state index is 12.2. The molecule has 8 heteroatoms. The molecular formula is C21H18N6O2. The van der Waals surface area contributed by atoms with Gasteiger partial charge in [0.25, 0.3) is 5.91 Å². The Labute approximate surface area is 166 Å². The molecule has 0 saturated carbocycles. The zero-order valence-corrected chi connectivity index (χ0v) is 15.6. The summed E-state index contributed by atoms with van der Waals surface area (Å²) in [6, 6.07) is 20.6. The minimum atomic E-state index is -0.401. The molecule has 1 amide bonds. The van der Waals surface area contributed by atoms with Crippen LogP contribution in [-0.4, -0.2) is 36.9 Å². The minimum absolute atomic E-state index is 0.125. The van der Waals surface area contributed by atoms with Crippen molar-refractivity contribution in [2.24, 2.45) is 5.10 Å². The molecule has 0 saturated heterocycles. The van der Waals surface area contributed by atoms with Gasteiger partial charge in [-0.05, 0) is 23.6 Å². The van der Waals surface area contributed by atoms with Crippen LogP contribution in [0.3, 0.4) is 0 Å². The number of hydrazone groups is 1. The fourth-order valence-corrected chi connectivity index (χ4v) is 2.93. The average molecular weight is 386 g/mol. The van der Waals surface area contributed by atoms with E-state index in [4.69, 9.17) is 0 Å². The highest BCUT2D eigenvalue weighted by molar-refractivity contribution is 6.06. The topological polar surface area (TPSA) is 105 Å². The Hall–Kier alpha value is -4.07. The van der Waals surface area contributed by atoms with Gasteiger partial charge in [0.15, 0.2) is 0 Å². The summed E-state index contributed by atoms with van der Waals surface area (Å²) < 4.78 is 0. The van der Waals surface area contributed by atoms with Crippen molar-refractivity contribution in [3.05, 3.63) is 72.3 Å². The first-order valence-electron chi connectivity index (χ1n) is 8.99. The molecule has 8 nitrogen and oxygen atoms in total. The number of nitrogens with zero attached hydrogens (tertiary/aromatic N) is 5. The van der Waals surface area contributed by atoms with Crippen LogP contribution in [0.4, 0.5) is 0 Å². The molecule has 3 aromatic carbocycles. The lowest BCUT2D eigenvalue weighted by Crippen LogP contribution is -2.25. The van der Waals surface area contributed by atoms with Crippen LogP contribution in [0.15, 0.2) is 71.8 Å². The van der Waals surface area contributed by atoms with Crippen LogP contribution in [0.1, 0.15) is 12.5 Å². The summed E-state index contributed by atoms with van der Waals surface area (Å²) in [5, 5.41) is 28.3. The number of nitrogens with one attached hydrogen (secondary N) is 1. The lowest BCUT2D eigenvalue weighted by Gasteiger charge is -2.08. The zero-order chi connectivity index (χ0) is 20.2. The number of carbonyl (C=O) groups excluding carboxylic acids is 1. The van der Waals surface area contributed by atoms with Gasteiger partial charge in [-0.3, -0.25) is 4.79 Å². The Morgan fingerprint density at radius 3 is 2.66 bits per heavy atom. The third kappa shape index (κ3) is 3.96. The fourth-order valence-electron chi connectivity index (χ4n) is 2.93. The average Bonchev–Trinajstić information content (AvgIpc) is 3.21. The molecular weight excluding hydrogens is 368 g/mol. The van der Waals surface area contributed by atoms with E-state index in [1.807, 2.05) is 60.7 Å². The van der Waals surface area contributed by atoms with Crippen molar-refractivity contribution in [3.63, 3.8) is 0 Å². The summed E-state index contributed by atoms with van der Waals surface area (Å²) in [7, 11) is 0. The zero-order valence-electron chi connectivity index (χ0n) is 15.6. The molecule has 0 spiro atoms. The highest BCUT2D eigenvalue weighted by Crippen LogP contribution is 2.28. The number of aromatic nitrogens is 4. The number of fused-ring (bicyclic) bond motifs is 1. The molecule has 4 aromatic rings. The van der Waals surface area contributed by atoms with E-state index >= 15 is 0 Å². The first-order chi connectivity index (χ1) is 14.1. The molecule has 0 aliphatic rings. The van der Waals surface area contributed by atoms with Crippen molar-refractivity contribution in [1.29, 1.82) is 0 Å². The third-order valence-electron chi connectivity index (χ3n) is 4.41. The predicted molar refractivity (Wildman–Crippen MR) is 109 cm³/mol. The van der Waals surface area contributed by atoms with Crippen LogP contribution in [0.25, 0.3) is 22.2 Å². The monoisotopic (exact) mass is 386 g/mol. The summed E-state index contributed by atoms with van der Waals surface area (Å²) in [6.07, 6.45) is 0. The third-order valence-corrected chi connectivity index (χ3v) is 4.41. The molecule has 29 heavy (non-hydrogen) atoms. The molecule has 0 atom stereocenters. The number of hydrogen-bond donors (Lipinski definition) is 2. The summed E-state index contributed by atoms with van der Waals surface area (Å²) in [4.78, 5) is 13.4. The van der Waals surface area contributed by atoms with Crippen molar-refractivity contribution in [3.8, 4) is 17.1 Å². The van der Waals surface area contributed by atoms with Gasteiger partial charge < -0.3 is 5.11 Å². The minimum Gasteiger partial charge on any atom is -0.507 e. The lowest BCUT2D eigenvalue weighted by molar-refractivity contribution is -0.122. The second kappa shape index (κ2) is 7.89. The number of rotatable bonds is 5. The van der Waals surface area contributed by atoms with Crippen LogP contribution in [0, 0.1) is 0 Å². The fraction of sp³-hybridized carbons (Fsp3) is 0.0952. The smallest absolute Gasteiger partial charge is 0.263 e. The Balaban J connectivity index is 1.45. The first kappa shape index (κ1) is 18.3. The van der Waals surface area contributed by atoms with Crippen LogP contribution < -0.4 is 5.43 Å². The molecule has 1 aromatic heterocycles. The maximum absolute atomic E-state index is 12.2. The molecule has 1 heterocycles. The normalized spacial score (nSPS) is 11.6. The molecule has 0 radical (unpaired) electrons. The lowest BCUT2D eigenvalue weighted by atomic mass is 10.0. The Morgan fingerprint density at radius 1 is 1.07 bits per heavy atom. The molecule has 0 aliphatic carbocycles. The summed E-state index contributed by atoms with van der Waals surface area (Å²) in [5.41, 5.74) is 4.32. The highest BCUT2D eigenvalue weighted by atomic mass is 16.3. The van der Waals surface area contributed by atoms with Gasteiger partial charge in [0.1, 0.15) is 12.3 Å². The number of tetrazole rings is 1. The van der Waals surface area contributed by atoms with Gasteiger partial charge in [0, 0.05) is 16.5 Å². The number of phenols is 1. The molecule has 0 fully saturated rings. The van der Waals surface area contributed by atoms with E-state index < -0.39 is 5.91 Å². The van der Waals surface area contributed by atoms with E-state index in [1.165, 1.54) is 4.80 Å². The Bertz CT molecular complexity index is 1200. The Morgan fingerprint density at radius 2 is 1.83 bits per heavy atom. The number of amides is 1. The predicted octanol–water partition coefficient (Wildman–Crippen LogP) is 2.74. The number of phenolic OH excluding ortho intramolecular Hbond substituents is 1. The number of aromatic hydroxyl groups is 1. The number of carbonyl (C=O) groups is 1. The van der Waals surface area contributed by atoms with E-state index in [2.05, 4.69) is 25.9 Å². The summed E-state index contributed by atoms with van der Waals surface area (Å²) >= 11 is 0. The second-order valence-corrected chi connectivity index (χ2v) is 6.42. The van der Waals surface area contributed by atoms with Gasteiger partial charge in [-0.25, -0.2) is 5.43 Å². The molecule has 2 N–H and O–H groups in total. The van der Waals surface area contributed by atoms with E-state index in [0.29, 0.717) is 17.1 Å². The van der Waals surface area contributed by atoms with Gasteiger partial charge in [0.2, 0.25) is 5.82 Å². The van der Waals surface area contributed by atoms with Gasteiger partial charge in [-0.15, -0.1) is 10.2 Å². The van der Waals surface area contributed by atoms with Gasteiger partial charge >= 0.3 is 0 Å². The molecule has 0 bridgehead atoms. The number of benzene rings is 3. The molecule has 4 rings (SSSR count). The van der Waals surface area contributed by atoms with E-state index in [9.17, 15) is 9.90 Å². The SMILES string of the molecule is C/C(=N\NC(=O)Cn1nnc(-c2ccccc2)n1)c1ccc2ccccc2c1O.